The average molecular weight is 443 g/mol. The van der Waals surface area contributed by atoms with Crippen molar-refractivity contribution >= 4 is 29.2 Å². The minimum absolute atomic E-state index is 0.109. The van der Waals surface area contributed by atoms with Gasteiger partial charge < -0.3 is 19.6 Å². The Labute approximate surface area is 183 Å². The van der Waals surface area contributed by atoms with Gasteiger partial charge in [-0.2, -0.15) is 0 Å². The Morgan fingerprint density at radius 1 is 1.00 bits per heavy atom. The second-order valence-corrected chi connectivity index (χ2v) is 7.56. The molecule has 3 aromatic rings. The highest BCUT2D eigenvalue weighted by molar-refractivity contribution is 6.30. The lowest BCUT2D eigenvalue weighted by atomic mass is 10.1. The van der Waals surface area contributed by atoms with E-state index in [1.165, 1.54) is 12.1 Å². The van der Waals surface area contributed by atoms with Gasteiger partial charge in [-0.25, -0.2) is 9.18 Å². The average Bonchev–Trinajstić information content (AvgIpc) is 3.12. The second kappa shape index (κ2) is 9.18. The first kappa shape index (κ1) is 20.9. The number of hydrogen-bond acceptors (Lipinski definition) is 4. The Hall–Kier alpha value is -3.39. The van der Waals surface area contributed by atoms with Gasteiger partial charge in [0.15, 0.2) is 11.5 Å². The predicted octanol–water partition coefficient (Wildman–Crippen LogP) is 4.51. The number of benzene rings is 2. The van der Waals surface area contributed by atoms with Crippen molar-refractivity contribution in [2.45, 2.75) is 6.42 Å². The number of amides is 3. The van der Waals surface area contributed by atoms with Crippen molar-refractivity contribution in [2.75, 3.05) is 31.5 Å². The maximum Gasteiger partial charge on any atom is 0.321 e. The smallest absolute Gasteiger partial charge is 0.321 e. The third kappa shape index (κ3) is 4.86. The summed E-state index contributed by atoms with van der Waals surface area (Å²) >= 11 is 5.87. The van der Waals surface area contributed by atoms with Gasteiger partial charge in [0.2, 0.25) is 0 Å². The summed E-state index contributed by atoms with van der Waals surface area (Å²) in [5.74, 6) is -0.568. The first-order valence-electron chi connectivity index (χ1n) is 9.83. The van der Waals surface area contributed by atoms with Gasteiger partial charge in [-0.05, 0) is 42.8 Å². The van der Waals surface area contributed by atoms with E-state index in [9.17, 15) is 14.0 Å². The zero-order valence-electron chi connectivity index (χ0n) is 16.6. The van der Waals surface area contributed by atoms with E-state index in [0.29, 0.717) is 43.3 Å². The number of carbonyl (C=O) groups excluding carboxylic acids is 2. The maximum absolute atomic E-state index is 14.0. The van der Waals surface area contributed by atoms with Gasteiger partial charge in [0, 0.05) is 43.0 Å². The molecule has 2 heterocycles. The van der Waals surface area contributed by atoms with Gasteiger partial charge >= 0.3 is 6.03 Å². The van der Waals surface area contributed by atoms with Gasteiger partial charge in [-0.3, -0.25) is 4.79 Å². The largest absolute Gasteiger partial charge is 0.355 e. The summed E-state index contributed by atoms with van der Waals surface area (Å²) in [6, 6.07) is 14.2. The van der Waals surface area contributed by atoms with Crippen LogP contribution in [0.2, 0.25) is 5.02 Å². The van der Waals surface area contributed by atoms with Crippen molar-refractivity contribution in [1.82, 2.24) is 15.0 Å². The second-order valence-electron chi connectivity index (χ2n) is 7.13. The summed E-state index contributed by atoms with van der Waals surface area (Å²) in [5.41, 5.74) is 1.00. The number of carbonyl (C=O) groups is 2. The van der Waals surface area contributed by atoms with E-state index < -0.39 is 5.82 Å². The van der Waals surface area contributed by atoms with Crippen LogP contribution in [0.25, 0.3) is 11.3 Å². The molecule has 0 atom stereocenters. The van der Waals surface area contributed by atoms with Crippen molar-refractivity contribution in [1.29, 1.82) is 0 Å². The van der Waals surface area contributed by atoms with Crippen LogP contribution in [0.5, 0.6) is 0 Å². The minimum Gasteiger partial charge on any atom is -0.355 e. The number of aromatic nitrogens is 1. The molecule has 1 N–H and O–H groups in total. The predicted molar refractivity (Wildman–Crippen MR) is 114 cm³/mol. The zero-order chi connectivity index (χ0) is 21.8. The topological polar surface area (TPSA) is 78.7 Å². The van der Waals surface area contributed by atoms with E-state index in [1.54, 1.807) is 52.3 Å². The number of nitrogens with one attached hydrogen (secondary N) is 1. The van der Waals surface area contributed by atoms with Crippen LogP contribution < -0.4 is 5.32 Å². The SMILES string of the molecule is O=C(Nc1ccc(Cl)cc1)N1CCCN(C(=O)c2cc(-c3ccccc3F)on2)CC1. The molecule has 0 bridgehead atoms. The molecule has 7 nitrogen and oxygen atoms in total. The summed E-state index contributed by atoms with van der Waals surface area (Å²) < 4.78 is 19.1. The molecule has 2 aromatic carbocycles. The van der Waals surface area contributed by atoms with E-state index >= 15 is 0 Å². The van der Waals surface area contributed by atoms with Crippen molar-refractivity contribution < 1.29 is 18.5 Å². The molecule has 0 aliphatic carbocycles. The number of nitrogens with zero attached hydrogens (tertiary/aromatic N) is 3. The third-order valence-electron chi connectivity index (χ3n) is 5.03. The van der Waals surface area contributed by atoms with Crippen LogP contribution in [0.3, 0.4) is 0 Å². The molecular weight excluding hydrogens is 423 g/mol. The molecule has 1 saturated heterocycles. The minimum atomic E-state index is -0.449. The number of urea groups is 1. The molecule has 1 aliphatic heterocycles. The summed E-state index contributed by atoms with van der Waals surface area (Å²) in [5, 5.41) is 7.24. The van der Waals surface area contributed by atoms with Crippen molar-refractivity contribution in [3.05, 3.63) is 71.1 Å². The number of anilines is 1. The van der Waals surface area contributed by atoms with Gasteiger partial charge in [0.1, 0.15) is 5.82 Å². The van der Waals surface area contributed by atoms with Crippen LogP contribution >= 0.6 is 11.6 Å². The van der Waals surface area contributed by atoms with Gasteiger partial charge in [0.05, 0.1) is 5.56 Å². The first-order valence-corrected chi connectivity index (χ1v) is 10.2. The molecule has 31 heavy (non-hydrogen) atoms. The molecule has 0 saturated carbocycles. The molecule has 0 spiro atoms. The van der Waals surface area contributed by atoms with Crippen LogP contribution in [0.15, 0.2) is 59.1 Å². The van der Waals surface area contributed by atoms with Crippen LogP contribution in [-0.2, 0) is 0 Å². The van der Waals surface area contributed by atoms with Crippen LogP contribution in [-0.4, -0.2) is 53.1 Å². The highest BCUT2D eigenvalue weighted by atomic mass is 35.5. The van der Waals surface area contributed by atoms with E-state index in [1.807, 2.05) is 0 Å². The van der Waals surface area contributed by atoms with Crippen LogP contribution in [0.1, 0.15) is 16.9 Å². The Bertz CT molecular complexity index is 1090. The molecule has 160 valence electrons. The van der Waals surface area contributed by atoms with Crippen LogP contribution in [0.4, 0.5) is 14.9 Å². The monoisotopic (exact) mass is 442 g/mol. The number of halogens is 2. The number of rotatable bonds is 3. The quantitative estimate of drug-likeness (QED) is 0.647. The van der Waals surface area contributed by atoms with Crippen LogP contribution in [0, 0.1) is 5.82 Å². The Morgan fingerprint density at radius 3 is 2.48 bits per heavy atom. The molecule has 0 unspecified atom stereocenters. The Balaban J connectivity index is 1.38. The third-order valence-corrected chi connectivity index (χ3v) is 5.29. The molecule has 1 aliphatic rings. The molecule has 9 heteroatoms. The Morgan fingerprint density at radius 2 is 1.71 bits per heavy atom. The van der Waals surface area contributed by atoms with Gasteiger partial charge in [-0.1, -0.05) is 28.9 Å². The van der Waals surface area contributed by atoms with E-state index in [2.05, 4.69) is 10.5 Å². The van der Waals surface area contributed by atoms with E-state index in [0.717, 1.165) is 0 Å². The summed E-state index contributed by atoms with van der Waals surface area (Å²) in [7, 11) is 0. The molecule has 4 rings (SSSR count). The zero-order valence-corrected chi connectivity index (χ0v) is 17.3. The fourth-order valence-corrected chi connectivity index (χ4v) is 3.51. The maximum atomic E-state index is 14.0. The lowest BCUT2D eigenvalue weighted by Gasteiger charge is -2.22. The fraction of sp³-hybridized carbons (Fsp3) is 0.227. The summed E-state index contributed by atoms with van der Waals surface area (Å²) in [6.45, 7) is 1.73. The molecule has 1 fully saturated rings. The van der Waals surface area contributed by atoms with Gasteiger partial charge in [-0.15, -0.1) is 0 Å². The van der Waals surface area contributed by atoms with Gasteiger partial charge in [0.25, 0.3) is 5.91 Å². The highest BCUT2D eigenvalue weighted by Crippen LogP contribution is 2.24. The first-order chi connectivity index (χ1) is 15.0. The van der Waals surface area contributed by atoms with Crippen molar-refractivity contribution in [3.63, 3.8) is 0 Å². The lowest BCUT2D eigenvalue weighted by molar-refractivity contribution is 0.0752. The van der Waals surface area contributed by atoms with E-state index in [-0.39, 0.29) is 29.0 Å². The standard InChI is InChI=1S/C22H20ClFN4O3/c23-15-6-8-16(9-7-15)25-22(30)28-11-3-10-27(12-13-28)21(29)19-14-20(31-26-19)17-4-1-2-5-18(17)24/h1-2,4-9,14H,3,10-13H2,(H,25,30). The number of hydrogen-bond donors (Lipinski definition) is 1. The van der Waals surface area contributed by atoms with Crippen molar-refractivity contribution in [2.24, 2.45) is 0 Å². The highest BCUT2D eigenvalue weighted by Gasteiger charge is 2.25. The normalized spacial score (nSPS) is 14.3. The molecular formula is C22H20ClFN4O3. The summed E-state index contributed by atoms with van der Waals surface area (Å²) in [6.07, 6.45) is 0.623. The Kier molecular flexibility index (Phi) is 6.18. The fourth-order valence-electron chi connectivity index (χ4n) is 3.39. The molecule has 3 amide bonds. The summed E-state index contributed by atoms with van der Waals surface area (Å²) in [4.78, 5) is 28.7. The lowest BCUT2D eigenvalue weighted by Crippen LogP contribution is -2.39. The molecule has 0 radical (unpaired) electrons. The molecule has 1 aromatic heterocycles. The van der Waals surface area contributed by atoms with Crippen molar-refractivity contribution in [3.8, 4) is 11.3 Å². The van der Waals surface area contributed by atoms with E-state index in [4.69, 9.17) is 16.1 Å².